The number of halogens is 1. The van der Waals surface area contributed by atoms with Gasteiger partial charge in [-0.1, -0.05) is 17.7 Å². The summed E-state index contributed by atoms with van der Waals surface area (Å²) in [6.45, 7) is 2.36. The Morgan fingerprint density at radius 3 is 2.79 bits per heavy atom. The molecule has 102 valence electrons. The van der Waals surface area contributed by atoms with Crippen molar-refractivity contribution in [2.75, 3.05) is 11.9 Å². The van der Waals surface area contributed by atoms with E-state index in [9.17, 15) is 9.59 Å². The van der Waals surface area contributed by atoms with Crippen LogP contribution in [0, 0.1) is 5.92 Å². The van der Waals surface area contributed by atoms with E-state index < -0.39 is 5.97 Å². The summed E-state index contributed by atoms with van der Waals surface area (Å²) in [5.41, 5.74) is 0.119. The highest BCUT2D eigenvalue weighted by molar-refractivity contribution is 6.34. The van der Waals surface area contributed by atoms with E-state index in [1.165, 1.54) is 18.2 Å². The maximum Gasteiger partial charge on any atom is 0.337 e. The Balaban J connectivity index is 2.23. The van der Waals surface area contributed by atoms with Crippen molar-refractivity contribution in [3.05, 3.63) is 28.8 Å². The fraction of sp³-hybridized carbons (Fsp3) is 0.385. The summed E-state index contributed by atoms with van der Waals surface area (Å²) < 4.78 is 5.32. The van der Waals surface area contributed by atoms with Crippen LogP contribution in [-0.2, 0) is 9.53 Å². The van der Waals surface area contributed by atoms with Crippen LogP contribution in [-0.4, -0.2) is 29.7 Å². The van der Waals surface area contributed by atoms with Crippen molar-refractivity contribution in [3.63, 3.8) is 0 Å². The highest BCUT2D eigenvalue weighted by atomic mass is 35.5. The van der Waals surface area contributed by atoms with Gasteiger partial charge in [-0.2, -0.15) is 0 Å². The first kappa shape index (κ1) is 13.8. The lowest BCUT2D eigenvalue weighted by molar-refractivity contribution is -0.121. The van der Waals surface area contributed by atoms with Crippen LogP contribution >= 0.6 is 11.6 Å². The van der Waals surface area contributed by atoms with Gasteiger partial charge in [0.15, 0.2) is 0 Å². The lowest BCUT2D eigenvalue weighted by Crippen LogP contribution is -2.28. The van der Waals surface area contributed by atoms with Crippen molar-refractivity contribution in [1.82, 2.24) is 0 Å². The van der Waals surface area contributed by atoms with E-state index in [4.69, 9.17) is 21.4 Å². The average molecular weight is 284 g/mol. The van der Waals surface area contributed by atoms with E-state index >= 15 is 0 Å². The second kappa shape index (κ2) is 5.59. The number of carboxylic acids is 1. The number of carboxylic acid groups (broad SMARTS) is 1. The predicted molar refractivity (Wildman–Crippen MR) is 70.6 cm³/mol. The number of aromatic carboxylic acids is 1. The molecule has 2 atom stereocenters. The Morgan fingerprint density at radius 1 is 1.47 bits per heavy atom. The molecule has 0 spiro atoms. The van der Waals surface area contributed by atoms with Gasteiger partial charge in [-0.05, 0) is 25.5 Å². The Kier molecular flexibility index (Phi) is 4.07. The van der Waals surface area contributed by atoms with Crippen molar-refractivity contribution in [3.8, 4) is 0 Å². The number of ether oxygens (including phenoxy) is 1. The van der Waals surface area contributed by atoms with Crippen molar-refractivity contribution < 1.29 is 19.4 Å². The Morgan fingerprint density at radius 2 is 2.21 bits per heavy atom. The maximum absolute atomic E-state index is 12.1. The molecule has 1 fully saturated rings. The molecule has 6 heteroatoms. The minimum Gasteiger partial charge on any atom is -0.478 e. The van der Waals surface area contributed by atoms with E-state index in [2.05, 4.69) is 5.32 Å². The van der Waals surface area contributed by atoms with Gasteiger partial charge < -0.3 is 15.2 Å². The van der Waals surface area contributed by atoms with Crippen molar-refractivity contribution in [2.24, 2.45) is 5.92 Å². The number of rotatable bonds is 3. The molecule has 1 aromatic rings. The number of amides is 1. The standard InChI is InChI=1S/C13H14ClNO4/c1-7-8(5-6-19-7)12(16)15-11-9(13(17)18)3-2-4-10(11)14/h2-4,7-8H,5-6H2,1H3,(H,15,16)(H,17,18). The highest BCUT2D eigenvalue weighted by Gasteiger charge is 2.31. The Labute approximate surface area is 115 Å². The summed E-state index contributed by atoms with van der Waals surface area (Å²) in [7, 11) is 0. The number of benzene rings is 1. The van der Waals surface area contributed by atoms with E-state index in [0.717, 1.165) is 0 Å². The number of carbonyl (C=O) groups is 2. The second-order valence-electron chi connectivity index (χ2n) is 4.43. The Hall–Kier alpha value is -1.59. The number of hydrogen-bond donors (Lipinski definition) is 2. The smallest absolute Gasteiger partial charge is 0.337 e. The molecule has 5 nitrogen and oxygen atoms in total. The lowest BCUT2D eigenvalue weighted by atomic mass is 10.0. The third-order valence-corrected chi connectivity index (χ3v) is 3.52. The van der Waals surface area contributed by atoms with Gasteiger partial charge in [-0.15, -0.1) is 0 Å². The third-order valence-electron chi connectivity index (χ3n) is 3.21. The molecular formula is C13H14ClNO4. The molecule has 1 heterocycles. The minimum absolute atomic E-state index is 0.0209. The SMILES string of the molecule is CC1OCCC1C(=O)Nc1c(Cl)cccc1C(=O)O. The highest BCUT2D eigenvalue weighted by Crippen LogP contribution is 2.28. The molecule has 0 aliphatic carbocycles. The fourth-order valence-electron chi connectivity index (χ4n) is 2.12. The molecule has 0 aromatic heterocycles. The summed E-state index contributed by atoms with van der Waals surface area (Å²) in [5, 5.41) is 11.9. The van der Waals surface area contributed by atoms with Crippen LogP contribution in [0.25, 0.3) is 0 Å². The van der Waals surface area contributed by atoms with Gasteiger partial charge >= 0.3 is 5.97 Å². The zero-order valence-electron chi connectivity index (χ0n) is 10.4. The summed E-state index contributed by atoms with van der Waals surface area (Å²) in [6, 6.07) is 4.47. The van der Waals surface area contributed by atoms with Crippen LogP contribution < -0.4 is 5.32 Å². The molecule has 2 N–H and O–H groups in total. The van der Waals surface area contributed by atoms with Crippen LogP contribution in [0.3, 0.4) is 0 Å². The van der Waals surface area contributed by atoms with Gasteiger partial charge in [0, 0.05) is 6.61 Å². The molecule has 1 aromatic carbocycles. The van der Waals surface area contributed by atoms with Crippen LogP contribution in [0.2, 0.25) is 5.02 Å². The van der Waals surface area contributed by atoms with Gasteiger partial charge in [0.25, 0.3) is 0 Å². The quantitative estimate of drug-likeness (QED) is 0.893. The zero-order valence-corrected chi connectivity index (χ0v) is 11.1. The zero-order chi connectivity index (χ0) is 14.0. The second-order valence-corrected chi connectivity index (χ2v) is 4.84. The number of para-hydroxylation sites is 1. The van der Waals surface area contributed by atoms with Crippen LogP contribution in [0.4, 0.5) is 5.69 Å². The van der Waals surface area contributed by atoms with Gasteiger partial charge in [0.1, 0.15) is 0 Å². The first-order valence-electron chi connectivity index (χ1n) is 5.95. The van der Waals surface area contributed by atoms with Gasteiger partial charge in [0.2, 0.25) is 5.91 Å². The normalized spacial score (nSPS) is 22.2. The summed E-state index contributed by atoms with van der Waals surface area (Å²) in [4.78, 5) is 23.2. The van der Waals surface area contributed by atoms with E-state index in [-0.39, 0.29) is 34.2 Å². The number of anilines is 1. The Bertz CT molecular complexity index is 517. The summed E-state index contributed by atoms with van der Waals surface area (Å²) in [5.74, 6) is -1.67. The molecule has 1 aliphatic rings. The molecule has 1 saturated heterocycles. The topological polar surface area (TPSA) is 75.6 Å². The maximum atomic E-state index is 12.1. The molecule has 0 saturated carbocycles. The van der Waals surface area contributed by atoms with Gasteiger partial charge in [-0.3, -0.25) is 4.79 Å². The molecule has 19 heavy (non-hydrogen) atoms. The number of nitrogens with one attached hydrogen (secondary N) is 1. The van der Waals surface area contributed by atoms with Crippen LogP contribution in [0.1, 0.15) is 23.7 Å². The van der Waals surface area contributed by atoms with Crippen molar-refractivity contribution in [1.29, 1.82) is 0 Å². The molecule has 0 radical (unpaired) electrons. The lowest BCUT2D eigenvalue weighted by Gasteiger charge is -2.16. The first-order valence-corrected chi connectivity index (χ1v) is 6.32. The molecule has 2 unspecified atom stereocenters. The minimum atomic E-state index is -1.13. The average Bonchev–Trinajstić information content (AvgIpc) is 2.77. The monoisotopic (exact) mass is 283 g/mol. The molecule has 0 bridgehead atoms. The van der Waals surface area contributed by atoms with Gasteiger partial charge in [0.05, 0.1) is 28.3 Å². The van der Waals surface area contributed by atoms with E-state index in [0.29, 0.717) is 13.0 Å². The van der Waals surface area contributed by atoms with Crippen molar-refractivity contribution in [2.45, 2.75) is 19.4 Å². The first-order chi connectivity index (χ1) is 9.00. The van der Waals surface area contributed by atoms with Gasteiger partial charge in [-0.25, -0.2) is 4.79 Å². The molecule has 2 rings (SSSR count). The van der Waals surface area contributed by atoms with E-state index in [1.807, 2.05) is 6.92 Å². The largest absolute Gasteiger partial charge is 0.478 e. The van der Waals surface area contributed by atoms with E-state index in [1.54, 1.807) is 0 Å². The number of hydrogen-bond acceptors (Lipinski definition) is 3. The van der Waals surface area contributed by atoms with Crippen LogP contribution in [0.15, 0.2) is 18.2 Å². The van der Waals surface area contributed by atoms with Crippen LogP contribution in [0.5, 0.6) is 0 Å². The number of carbonyl (C=O) groups excluding carboxylic acids is 1. The van der Waals surface area contributed by atoms with Crippen molar-refractivity contribution >= 4 is 29.2 Å². The molecule has 1 aliphatic heterocycles. The molecular weight excluding hydrogens is 270 g/mol. The third kappa shape index (κ3) is 2.88. The summed E-state index contributed by atoms with van der Waals surface area (Å²) in [6.07, 6.45) is 0.454. The predicted octanol–water partition coefficient (Wildman–Crippen LogP) is 2.40. The summed E-state index contributed by atoms with van der Waals surface area (Å²) >= 11 is 5.95. The molecule has 1 amide bonds. The fourth-order valence-corrected chi connectivity index (χ4v) is 2.34.